The van der Waals surface area contributed by atoms with Crippen molar-refractivity contribution in [1.82, 2.24) is 9.97 Å². The number of hydrogen-bond donors (Lipinski definition) is 2. The van der Waals surface area contributed by atoms with Crippen molar-refractivity contribution < 1.29 is 19.1 Å². The first-order valence-electron chi connectivity index (χ1n) is 8.76. The first-order chi connectivity index (χ1) is 13.6. The van der Waals surface area contributed by atoms with Gasteiger partial charge in [-0.15, -0.1) is 0 Å². The number of esters is 1. The van der Waals surface area contributed by atoms with Crippen LogP contribution >= 0.6 is 11.6 Å². The van der Waals surface area contributed by atoms with Crippen molar-refractivity contribution in [3.8, 4) is 11.1 Å². The van der Waals surface area contributed by atoms with E-state index in [1.165, 1.54) is 13.8 Å². The van der Waals surface area contributed by atoms with Crippen molar-refractivity contribution >= 4 is 40.9 Å². The molecule has 1 atom stereocenters. The number of benzene rings is 1. The molecular weight excluding hydrogens is 396 g/mol. The first kappa shape index (κ1) is 22.0. The normalized spacial score (nSPS) is 15.7. The van der Waals surface area contributed by atoms with Crippen LogP contribution in [-0.2, 0) is 25.5 Å². The maximum absolute atomic E-state index is 11.1. The SMILES string of the molecule is CC(=O)C1C(=O)C=C(C)OC1=O.CCc1nc(N)nc(N)c1-c1ccc(Cl)cc1. The van der Waals surface area contributed by atoms with E-state index in [1.807, 2.05) is 31.2 Å². The Labute approximate surface area is 172 Å². The van der Waals surface area contributed by atoms with Crippen LogP contribution in [0.15, 0.2) is 36.1 Å². The van der Waals surface area contributed by atoms with E-state index in [1.54, 1.807) is 0 Å². The number of ether oxygens (including phenoxy) is 1. The van der Waals surface area contributed by atoms with Gasteiger partial charge in [0.25, 0.3) is 0 Å². The molecule has 0 bridgehead atoms. The molecule has 0 radical (unpaired) electrons. The smallest absolute Gasteiger partial charge is 0.329 e. The number of halogens is 1. The molecule has 4 N–H and O–H groups in total. The average Bonchev–Trinajstić information content (AvgIpc) is 2.61. The summed E-state index contributed by atoms with van der Waals surface area (Å²) >= 11 is 5.86. The Morgan fingerprint density at radius 3 is 2.31 bits per heavy atom. The molecule has 1 aromatic heterocycles. The van der Waals surface area contributed by atoms with Crippen LogP contribution in [0.5, 0.6) is 0 Å². The maximum Gasteiger partial charge on any atom is 0.329 e. The van der Waals surface area contributed by atoms with Crippen molar-refractivity contribution in [3.05, 3.63) is 46.8 Å². The molecule has 0 aliphatic carbocycles. The summed E-state index contributed by atoms with van der Waals surface area (Å²) in [5.74, 6) is -2.14. The van der Waals surface area contributed by atoms with Gasteiger partial charge in [0.2, 0.25) is 5.95 Å². The third-order valence-corrected chi connectivity index (χ3v) is 4.28. The predicted molar refractivity (Wildman–Crippen MR) is 110 cm³/mol. The lowest BCUT2D eigenvalue weighted by Crippen LogP contribution is -2.33. The van der Waals surface area contributed by atoms with E-state index in [2.05, 4.69) is 14.7 Å². The lowest BCUT2D eigenvalue weighted by molar-refractivity contribution is -0.152. The zero-order valence-corrected chi connectivity index (χ0v) is 17.0. The Balaban J connectivity index is 0.000000221. The van der Waals surface area contributed by atoms with Gasteiger partial charge >= 0.3 is 5.97 Å². The molecular formula is C20H21ClN4O4. The summed E-state index contributed by atoms with van der Waals surface area (Å²) in [7, 11) is 0. The van der Waals surface area contributed by atoms with Crippen LogP contribution in [0.1, 0.15) is 26.5 Å². The van der Waals surface area contributed by atoms with Gasteiger partial charge in [-0.3, -0.25) is 14.4 Å². The summed E-state index contributed by atoms with van der Waals surface area (Å²) in [6.45, 7) is 4.69. The number of rotatable bonds is 3. The van der Waals surface area contributed by atoms with Crippen molar-refractivity contribution in [2.75, 3.05) is 11.5 Å². The predicted octanol–water partition coefficient (Wildman–Crippen LogP) is 2.75. The zero-order chi connectivity index (χ0) is 21.7. The molecule has 0 spiro atoms. The van der Waals surface area contributed by atoms with E-state index in [0.29, 0.717) is 10.8 Å². The third-order valence-electron chi connectivity index (χ3n) is 4.03. The summed E-state index contributed by atoms with van der Waals surface area (Å²) in [5, 5.41) is 0.682. The van der Waals surface area contributed by atoms with E-state index < -0.39 is 23.5 Å². The van der Waals surface area contributed by atoms with E-state index >= 15 is 0 Å². The Morgan fingerprint density at radius 1 is 1.17 bits per heavy atom. The molecule has 29 heavy (non-hydrogen) atoms. The van der Waals surface area contributed by atoms with Gasteiger partial charge in [-0.1, -0.05) is 30.7 Å². The molecule has 3 rings (SSSR count). The molecule has 1 aromatic carbocycles. The lowest BCUT2D eigenvalue weighted by atomic mass is 9.98. The van der Waals surface area contributed by atoms with Gasteiger partial charge in [0.05, 0.1) is 5.69 Å². The fourth-order valence-electron chi connectivity index (χ4n) is 2.75. The molecule has 1 aliphatic rings. The molecule has 1 aliphatic heterocycles. The number of Topliss-reactive ketones (excluding diaryl/α,β-unsaturated/α-hetero) is 1. The van der Waals surface area contributed by atoms with Crippen LogP contribution in [-0.4, -0.2) is 27.5 Å². The zero-order valence-electron chi connectivity index (χ0n) is 16.2. The Morgan fingerprint density at radius 2 is 1.79 bits per heavy atom. The Bertz CT molecular complexity index is 987. The molecule has 0 fully saturated rings. The molecule has 2 aromatic rings. The minimum Gasteiger partial charge on any atom is -0.430 e. The van der Waals surface area contributed by atoms with E-state index in [9.17, 15) is 14.4 Å². The standard InChI is InChI=1S/C12H13ClN4.C8H8O4/c1-2-9-10(11(14)17-12(15)16-9)7-3-5-8(13)6-4-7;1-4-3-6(10)7(5(2)9)8(11)12-4/h3-6H,2H2,1H3,(H4,14,15,16,17);3,7H,1-2H3. The van der Waals surface area contributed by atoms with Gasteiger partial charge in [0, 0.05) is 16.7 Å². The number of aryl methyl sites for hydroxylation is 1. The van der Waals surface area contributed by atoms with E-state index in [0.717, 1.165) is 29.3 Å². The first-order valence-corrected chi connectivity index (χ1v) is 9.13. The highest BCUT2D eigenvalue weighted by Gasteiger charge is 2.34. The number of anilines is 2. The number of nitrogen functional groups attached to an aromatic ring is 2. The highest BCUT2D eigenvalue weighted by atomic mass is 35.5. The van der Waals surface area contributed by atoms with Gasteiger partial charge in [-0.05, 0) is 38.0 Å². The van der Waals surface area contributed by atoms with Crippen molar-refractivity contribution in [2.24, 2.45) is 5.92 Å². The summed E-state index contributed by atoms with van der Waals surface area (Å²) in [4.78, 5) is 41.0. The van der Waals surface area contributed by atoms with Crippen molar-refractivity contribution in [3.63, 3.8) is 0 Å². The number of nitrogens with two attached hydrogens (primary N) is 2. The molecule has 0 saturated carbocycles. The monoisotopic (exact) mass is 416 g/mol. The van der Waals surface area contributed by atoms with Crippen molar-refractivity contribution in [2.45, 2.75) is 27.2 Å². The number of carbonyl (C=O) groups excluding carboxylic acids is 3. The number of ketones is 2. The number of hydrogen-bond acceptors (Lipinski definition) is 8. The molecule has 9 heteroatoms. The largest absolute Gasteiger partial charge is 0.430 e. The second kappa shape index (κ2) is 9.29. The second-order valence-electron chi connectivity index (χ2n) is 6.27. The Kier molecular flexibility index (Phi) is 7.06. The minimum atomic E-state index is -1.24. The van der Waals surface area contributed by atoms with Crippen LogP contribution in [0.3, 0.4) is 0 Å². The van der Waals surface area contributed by atoms with Crippen LogP contribution in [0.2, 0.25) is 5.02 Å². The number of carbonyl (C=O) groups is 3. The second-order valence-corrected chi connectivity index (χ2v) is 6.71. The molecule has 152 valence electrons. The summed E-state index contributed by atoms with van der Waals surface area (Å²) in [6.07, 6.45) is 1.91. The van der Waals surface area contributed by atoms with E-state index in [-0.39, 0.29) is 11.7 Å². The van der Waals surface area contributed by atoms with Gasteiger partial charge in [-0.25, -0.2) is 4.98 Å². The average molecular weight is 417 g/mol. The Hall–Kier alpha value is -3.26. The number of nitrogens with zero attached hydrogens (tertiary/aromatic N) is 2. The molecule has 1 unspecified atom stereocenters. The topological polar surface area (TPSA) is 138 Å². The van der Waals surface area contributed by atoms with Gasteiger partial charge < -0.3 is 16.2 Å². The highest BCUT2D eigenvalue weighted by molar-refractivity contribution is 6.30. The minimum absolute atomic E-state index is 0.206. The lowest BCUT2D eigenvalue weighted by Gasteiger charge is -2.15. The fourth-order valence-corrected chi connectivity index (χ4v) is 2.87. The van der Waals surface area contributed by atoms with Crippen LogP contribution in [0.4, 0.5) is 11.8 Å². The van der Waals surface area contributed by atoms with Crippen LogP contribution in [0, 0.1) is 5.92 Å². The van der Waals surface area contributed by atoms with Crippen LogP contribution in [0.25, 0.3) is 11.1 Å². The van der Waals surface area contributed by atoms with Gasteiger partial charge in [0.15, 0.2) is 17.5 Å². The summed E-state index contributed by atoms with van der Waals surface area (Å²) < 4.78 is 4.61. The summed E-state index contributed by atoms with van der Waals surface area (Å²) in [5.41, 5.74) is 14.1. The fraction of sp³-hybridized carbons (Fsp3) is 0.250. The number of allylic oxidation sites excluding steroid dienone is 2. The molecule has 0 amide bonds. The molecule has 8 nitrogen and oxygen atoms in total. The van der Waals surface area contributed by atoms with Crippen molar-refractivity contribution in [1.29, 1.82) is 0 Å². The van der Waals surface area contributed by atoms with Gasteiger partial charge in [0.1, 0.15) is 11.6 Å². The summed E-state index contributed by atoms with van der Waals surface area (Å²) in [6, 6.07) is 7.41. The maximum atomic E-state index is 11.1. The molecule has 0 saturated heterocycles. The van der Waals surface area contributed by atoms with Crippen LogP contribution < -0.4 is 11.5 Å². The van der Waals surface area contributed by atoms with Gasteiger partial charge in [-0.2, -0.15) is 4.98 Å². The quantitative estimate of drug-likeness (QED) is 0.575. The number of cyclic esters (lactones) is 1. The van der Waals surface area contributed by atoms with E-state index in [4.69, 9.17) is 23.1 Å². The third kappa shape index (κ3) is 5.39. The number of aromatic nitrogens is 2. The highest BCUT2D eigenvalue weighted by Crippen LogP contribution is 2.29. The molecule has 2 heterocycles.